The lowest BCUT2D eigenvalue weighted by Gasteiger charge is -2.11. The van der Waals surface area contributed by atoms with Crippen molar-refractivity contribution in [2.24, 2.45) is 0 Å². The van der Waals surface area contributed by atoms with Gasteiger partial charge in [-0.25, -0.2) is 14.8 Å². The summed E-state index contributed by atoms with van der Waals surface area (Å²) in [5.41, 5.74) is 6.81. The zero-order chi connectivity index (χ0) is 21.0. The Balaban J connectivity index is 1.85. The lowest BCUT2D eigenvalue weighted by atomic mass is 10.1. The second-order valence-corrected chi connectivity index (χ2v) is 7.37. The van der Waals surface area contributed by atoms with Gasteiger partial charge in [0.25, 0.3) is 5.56 Å². The Bertz CT molecular complexity index is 1160. The Hall–Kier alpha value is -3.20. The van der Waals surface area contributed by atoms with Crippen molar-refractivity contribution in [3.8, 4) is 11.3 Å². The van der Waals surface area contributed by atoms with Crippen LogP contribution in [0.15, 0.2) is 51.1 Å². The maximum atomic E-state index is 12.7. The normalized spacial score (nSPS) is 10.8. The van der Waals surface area contributed by atoms with Gasteiger partial charge in [-0.3, -0.25) is 19.1 Å². The van der Waals surface area contributed by atoms with E-state index in [0.717, 1.165) is 28.7 Å². The third-order valence-electron chi connectivity index (χ3n) is 4.20. The summed E-state index contributed by atoms with van der Waals surface area (Å²) in [6.45, 7) is 4.04. The number of H-pyrrole nitrogens is 1. The first-order chi connectivity index (χ1) is 13.9. The number of aromatic amines is 1. The van der Waals surface area contributed by atoms with Crippen LogP contribution in [0.1, 0.15) is 29.4 Å². The van der Waals surface area contributed by atoms with Crippen molar-refractivity contribution >= 4 is 23.4 Å². The van der Waals surface area contributed by atoms with E-state index in [0.29, 0.717) is 18.1 Å². The van der Waals surface area contributed by atoms with Crippen molar-refractivity contribution in [2.75, 3.05) is 11.5 Å². The SMILES string of the molecule is CCCn1c(N)c(C(=O)CSc2nc(C)cc(-c3ccccc3)n2)c(=O)[nH]c1=O. The molecule has 0 aliphatic rings. The lowest BCUT2D eigenvalue weighted by Crippen LogP contribution is -2.36. The molecule has 29 heavy (non-hydrogen) atoms. The fourth-order valence-electron chi connectivity index (χ4n) is 2.87. The van der Waals surface area contributed by atoms with Gasteiger partial charge in [0.15, 0.2) is 10.9 Å². The molecule has 0 radical (unpaired) electrons. The average Bonchev–Trinajstić information content (AvgIpc) is 2.69. The van der Waals surface area contributed by atoms with Crippen LogP contribution in [0.25, 0.3) is 11.3 Å². The van der Waals surface area contributed by atoms with Crippen molar-refractivity contribution in [3.63, 3.8) is 0 Å². The Morgan fingerprint density at radius 1 is 1.21 bits per heavy atom. The molecule has 8 nitrogen and oxygen atoms in total. The summed E-state index contributed by atoms with van der Waals surface area (Å²) in [7, 11) is 0. The molecule has 0 amide bonds. The second-order valence-electron chi connectivity index (χ2n) is 6.43. The highest BCUT2D eigenvalue weighted by Gasteiger charge is 2.20. The summed E-state index contributed by atoms with van der Waals surface area (Å²) in [6.07, 6.45) is 0.637. The number of ketones is 1. The number of Topliss-reactive ketones (excluding diaryl/α,β-unsaturated/α-hetero) is 1. The van der Waals surface area contributed by atoms with Gasteiger partial charge >= 0.3 is 5.69 Å². The molecule has 3 rings (SSSR count). The van der Waals surface area contributed by atoms with Crippen LogP contribution in [0.4, 0.5) is 5.82 Å². The molecular formula is C20H21N5O3S. The van der Waals surface area contributed by atoms with Crippen molar-refractivity contribution in [2.45, 2.75) is 32.0 Å². The van der Waals surface area contributed by atoms with E-state index in [1.54, 1.807) is 0 Å². The zero-order valence-electron chi connectivity index (χ0n) is 16.1. The number of carbonyl (C=O) groups is 1. The number of aromatic nitrogens is 4. The first-order valence-corrected chi connectivity index (χ1v) is 10.1. The highest BCUT2D eigenvalue weighted by molar-refractivity contribution is 7.99. The molecule has 0 spiro atoms. The van der Waals surface area contributed by atoms with E-state index >= 15 is 0 Å². The van der Waals surface area contributed by atoms with E-state index in [-0.39, 0.29) is 17.1 Å². The van der Waals surface area contributed by atoms with Crippen molar-refractivity contribution in [3.05, 3.63) is 68.5 Å². The Morgan fingerprint density at radius 3 is 2.62 bits per heavy atom. The number of carbonyl (C=O) groups excluding carboxylic acids is 1. The van der Waals surface area contributed by atoms with Crippen molar-refractivity contribution in [1.29, 1.82) is 0 Å². The van der Waals surface area contributed by atoms with Crippen LogP contribution < -0.4 is 17.0 Å². The maximum Gasteiger partial charge on any atom is 0.329 e. The third kappa shape index (κ3) is 4.62. The molecule has 2 heterocycles. The average molecular weight is 411 g/mol. The predicted molar refractivity (Wildman–Crippen MR) is 113 cm³/mol. The number of nitrogens with two attached hydrogens (primary N) is 1. The Kier molecular flexibility index (Phi) is 6.28. The smallest absolute Gasteiger partial charge is 0.329 e. The van der Waals surface area contributed by atoms with Gasteiger partial charge < -0.3 is 5.73 Å². The number of hydrogen-bond acceptors (Lipinski definition) is 7. The van der Waals surface area contributed by atoms with E-state index < -0.39 is 17.0 Å². The Morgan fingerprint density at radius 2 is 1.93 bits per heavy atom. The summed E-state index contributed by atoms with van der Waals surface area (Å²) in [5.74, 6) is -0.665. The third-order valence-corrected chi connectivity index (χ3v) is 5.05. The topological polar surface area (TPSA) is 124 Å². The first-order valence-electron chi connectivity index (χ1n) is 9.10. The van der Waals surface area contributed by atoms with E-state index in [9.17, 15) is 14.4 Å². The molecule has 3 N–H and O–H groups in total. The molecule has 0 aliphatic heterocycles. The number of thioether (sulfide) groups is 1. The molecule has 3 aromatic rings. The number of nitrogens with one attached hydrogen (secondary N) is 1. The largest absolute Gasteiger partial charge is 0.384 e. The molecule has 0 atom stereocenters. The fraction of sp³-hybridized carbons (Fsp3) is 0.250. The van der Waals surface area contributed by atoms with Gasteiger partial charge in [0.1, 0.15) is 11.4 Å². The fourth-order valence-corrected chi connectivity index (χ4v) is 3.64. The molecule has 0 saturated heterocycles. The first kappa shape index (κ1) is 20.5. The van der Waals surface area contributed by atoms with Gasteiger partial charge in [-0.2, -0.15) is 0 Å². The molecule has 1 aromatic carbocycles. The van der Waals surface area contributed by atoms with Gasteiger partial charge in [0, 0.05) is 17.8 Å². The second kappa shape index (κ2) is 8.87. The van der Waals surface area contributed by atoms with Crippen molar-refractivity contribution < 1.29 is 4.79 Å². The lowest BCUT2D eigenvalue weighted by molar-refractivity contribution is 0.102. The minimum absolute atomic E-state index is 0.0741. The van der Waals surface area contributed by atoms with E-state index in [1.807, 2.05) is 50.2 Å². The minimum Gasteiger partial charge on any atom is -0.384 e. The van der Waals surface area contributed by atoms with Gasteiger partial charge in [0.2, 0.25) is 0 Å². The molecule has 0 bridgehead atoms. The zero-order valence-corrected chi connectivity index (χ0v) is 17.0. The van der Waals surface area contributed by atoms with E-state index in [1.165, 1.54) is 4.57 Å². The number of anilines is 1. The van der Waals surface area contributed by atoms with Gasteiger partial charge in [-0.15, -0.1) is 0 Å². The number of aryl methyl sites for hydroxylation is 1. The summed E-state index contributed by atoms with van der Waals surface area (Å²) < 4.78 is 1.20. The quantitative estimate of drug-likeness (QED) is 0.347. The number of nitrogen functional groups attached to an aromatic ring is 1. The molecule has 0 aliphatic carbocycles. The Labute approximate surface area is 171 Å². The van der Waals surface area contributed by atoms with Crippen LogP contribution in [0, 0.1) is 6.92 Å². The number of hydrogen-bond donors (Lipinski definition) is 2. The minimum atomic E-state index is -0.777. The highest BCUT2D eigenvalue weighted by atomic mass is 32.2. The van der Waals surface area contributed by atoms with Gasteiger partial charge in [-0.05, 0) is 19.4 Å². The molecule has 0 saturated carbocycles. The van der Waals surface area contributed by atoms with E-state index in [2.05, 4.69) is 15.0 Å². The van der Waals surface area contributed by atoms with E-state index in [4.69, 9.17) is 5.73 Å². The standard InChI is InChI=1S/C20H21N5O3S/c1-3-9-25-17(21)16(18(27)24-20(25)28)15(26)11-29-19-22-12(2)10-14(23-19)13-7-5-4-6-8-13/h4-8,10H,3,9,11,21H2,1-2H3,(H,24,27,28). The van der Waals surface area contributed by atoms with Crippen LogP contribution >= 0.6 is 11.8 Å². The van der Waals surface area contributed by atoms with Crippen LogP contribution in [-0.4, -0.2) is 31.1 Å². The molecule has 9 heteroatoms. The van der Waals surface area contributed by atoms with Crippen LogP contribution in [0.3, 0.4) is 0 Å². The van der Waals surface area contributed by atoms with Crippen LogP contribution in [0.2, 0.25) is 0 Å². The highest BCUT2D eigenvalue weighted by Crippen LogP contribution is 2.22. The van der Waals surface area contributed by atoms with Crippen LogP contribution in [-0.2, 0) is 6.54 Å². The maximum absolute atomic E-state index is 12.7. The molecule has 2 aromatic heterocycles. The monoisotopic (exact) mass is 411 g/mol. The van der Waals surface area contributed by atoms with Gasteiger partial charge in [-0.1, -0.05) is 49.0 Å². The number of nitrogens with zero attached hydrogens (tertiary/aromatic N) is 3. The molecular weight excluding hydrogens is 390 g/mol. The molecule has 150 valence electrons. The number of rotatable bonds is 7. The van der Waals surface area contributed by atoms with Crippen LogP contribution in [0.5, 0.6) is 0 Å². The number of benzene rings is 1. The summed E-state index contributed by atoms with van der Waals surface area (Å²) in [6, 6.07) is 11.5. The summed E-state index contributed by atoms with van der Waals surface area (Å²) >= 11 is 1.12. The van der Waals surface area contributed by atoms with Gasteiger partial charge in [0.05, 0.1) is 11.4 Å². The molecule has 0 fully saturated rings. The summed E-state index contributed by atoms with van der Waals surface area (Å²) in [4.78, 5) is 47.8. The predicted octanol–water partition coefficient (Wildman–Crippen LogP) is 2.27. The summed E-state index contributed by atoms with van der Waals surface area (Å²) in [5, 5.41) is 0.425. The van der Waals surface area contributed by atoms with Crippen molar-refractivity contribution in [1.82, 2.24) is 19.5 Å². The molecule has 0 unspecified atom stereocenters.